The second-order valence-corrected chi connectivity index (χ2v) is 5.88. The number of nitrogens with two attached hydrogens (primary N) is 1. The second kappa shape index (κ2) is 6.90. The van der Waals surface area contributed by atoms with Crippen LogP contribution in [0.5, 0.6) is 0 Å². The molecule has 2 aromatic rings. The molecule has 3 nitrogen and oxygen atoms in total. The Morgan fingerprint density at radius 1 is 1.10 bits per heavy atom. The molecule has 1 heterocycles. The van der Waals surface area contributed by atoms with Crippen LogP contribution < -0.4 is 5.73 Å². The van der Waals surface area contributed by atoms with Gasteiger partial charge in [0.25, 0.3) is 0 Å². The van der Waals surface area contributed by atoms with Gasteiger partial charge in [0.15, 0.2) is 0 Å². The Kier molecular flexibility index (Phi) is 5.18. The highest BCUT2D eigenvalue weighted by Gasteiger charge is 2.11. The first-order valence-electron chi connectivity index (χ1n) is 7.90. The highest BCUT2D eigenvalue weighted by Crippen LogP contribution is 2.14. The van der Waals surface area contributed by atoms with Gasteiger partial charge < -0.3 is 5.73 Å². The zero-order valence-corrected chi connectivity index (χ0v) is 13.7. The Morgan fingerprint density at radius 2 is 1.86 bits per heavy atom. The highest BCUT2D eigenvalue weighted by atomic mass is 15.3. The van der Waals surface area contributed by atoms with Crippen LogP contribution in [0.25, 0.3) is 0 Å². The quantitative estimate of drug-likeness (QED) is 0.886. The molecule has 0 aliphatic rings. The lowest BCUT2D eigenvalue weighted by Gasteiger charge is -2.13. The zero-order valence-electron chi connectivity index (χ0n) is 13.7. The molecule has 2 N–H and O–H groups in total. The van der Waals surface area contributed by atoms with Gasteiger partial charge in [0.2, 0.25) is 0 Å². The smallest absolute Gasteiger partial charge is 0.0624 e. The summed E-state index contributed by atoms with van der Waals surface area (Å²) in [5.41, 5.74) is 12.8. The molecule has 0 fully saturated rings. The van der Waals surface area contributed by atoms with E-state index in [1.54, 1.807) is 0 Å². The predicted molar refractivity (Wildman–Crippen MR) is 88.6 cm³/mol. The molecule has 2 rings (SSSR count). The van der Waals surface area contributed by atoms with Gasteiger partial charge in [-0.25, -0.2) is 0 Å². The molecular formula is C18H27N3. The summed E-state index contributed by atoms with van der Waals surface area (Å²) in [4.78, 5) is 0. The van der Waals surface area contributed by atoms with Gasteiger partial charge in [-0.05, 0) is 56.4 Å². The average Bonchev–Trinajstić information content (AvgIpc) is 2.85. The Balaban J connectivity index is 2.05. The normalized spacial score (nSPS) is 12.6. The molecule has 1 unspecified atom stereocenters. The Morgan fingerprint density at radius 3 is 2.48 bits per heavy atom. The Labute approximate surface area is 128 Å². The lowest BCUT2D eigenvalue weighted by Crippen LogP contribution is -2.27. The van der Waals surface area contributed by atoms with Crippen LogP contribution in [0, 0.1) is 13.8 Å². The fourth-order valence-electron chi connectivity index (χ4n) is 2.70. The van der Waals surface area contributed by atoms with Crippen molar-refractivity contribution in [3.63, 3.8) is 0 Å². The lowest BCUT2D eigenvalue weighted by atomic mass is 9.99. The lowest BCUT2D eigenvalue weighted by molar-refractivity contribution is 0.573. The van der Waals surface area contributed by atoms with Crippen LogP contribution in [-0.2, 0) is 25.8 Å². The molecule has 0 saturated carbocycles. The third kappa shape index (κ3) is 3.94. The van der Waals surface area contributed by atoms with Crippen molar-refractivity contribution in [1.29, 1.82) is 0 Å². The summed E-state index contributed by atoms with van der Waals surface area (Å²) in [7, 11) is 0. The first kappa shape index (κ1) is 15.8. The van der Waals surface area contributed by atoms with E-state index in [1.807, 2.05) is 0 Å². The maximum Gasteiger partial charge on any atom is 0.0624 e. The first-order chi connectivity index (χ1) is 10.0. The molecule has 1 aromatic heterocycles. The average molecular weight is 285 g/mol. The summed E-state index contributed by atoms with van der Waals surface area (Å²) in [5.74, 6) is 0. The molecule has 0 saturated heterocycles. The topological polar surface area (TPSA) is 43.8 Å². The van der Waals surface area contributed by atoms with Crippen molar-refractivity contribution in [3.05, 3.63) is 52.3 Å². The van der Waals surface area contributed by atoms with Gasteiger partial charge >= 0.3 is 0 Å². The third-order valence-corrected chi connectivity index (χ3v) is 4.12. The van der Waals surface area contributed by atoms with Gasteiger partial charge in [-0.1, -0.05) is 25.1 Å². The van der Waals surface area contributed by atoms with E-state index < -0.39 is 0 Å². The second-order valence-electron chi connectivity index (χ2n) is 5.88. The van der Waals surface area contributed by atoms with Crippen LogP contribution in [0.4, 0.5) is 0 Å². The van der Waals surface area contributed by atoms with Gasteiger partial charge in [-0.2, -0.15) is 5.10 Å². The number of aryl methyl sites for hydroxylation is 4. The fraction of sp³-hybridized carbons (Fsp3) is 0.500. The van der Waals surface area contributed by atoms with E-state index in [4.69, 9.17) is 5.73 Å². The van der Waals surface area contributed by atoms with Crippen LogP contribution >= 0.6 is 0 Å². The molecule has 1 aromatic carbocycles. The molecule has 0 radical (unpaired) electrons. The molecule has 0 aliphatic carbocycles. The number of nitrogens with zero attached hydrogens (tertiary/aromatic N) is 2. The Hall–Kier alpha value is -1.61. The minimum Gasteiger partial charge on any atom is -0.327 e. The molecule has 3 heteroatoms. The summed E-state index contributed by atoms with van der Waals surface area (Å²) in [6.45, 7) is 9.48. The fourth-order valence-corrected chi connectivity index (χ4v) is 2.70. The maximum absolute atomic E-state index is 6.36. The summed E-state index contributed by atoms with van der Waals surface area (Å²) in [6.07, 6.45) is 2.78. The molecule has 21 heavy (non-hydrogen) atoms. The van der Waals surface area contributed by atoms with Crippen molar-refractivity contribution in [2.75, 3.05) is 0 Å². The van der Waals surface area contributed by atoms with Crippen LogP contribution in [-0.4, -0.2) is 15.8 Å². The standard InChI is InChI=1S/C18H27N3/c1-5-17-12-18(21(6-2)20-17)11-16(19)10-15-8-7-13(3)14(4)9-15/h7-9,12,16H,5-6,10-11,19H2,1-4H3. The monoisotopic (exact) mass is 285 g/mol. The Bertz CT molecular complexity index is 599. The van der Waals surface area contributed by atoms with Gasteiger partial charge in [0, 0.05) is 24.7 Å². The molecule has 0 spiro atoms. The van der Waals surface area contributed by atoms with E-state index in [1.165, 1.54) is 22.4 Å². The minimum atomic E-state index is 0.138. The SMILES string of the molecule is CCc1cc(CC(N)Cc2ccc(C)c(C)c2)n(CC)n1. The number of hydrogen-bond acceptors (Lipinski definition) is 2. The molecule has 114 valence electrons. The number of rotatable bonds is 6. The van der Waals surface area contributed by atoms with Crippen LogP contribution in [0.15, 0.2) is 24.3 Å². The summed E-state index contributed by atoms with van der Waals surface area (Å²) >= 11 is 0. The number of aromatic nitrogens is 2. The van der Waals surface area contributed by atoms with E-state index in [0.29, 0.717) is 0 Å². The minimum absolute atomic E-state index is 0.138. The van der Waals surface area contributed by atoms with E-state index in [-0.39, 0.29) is 6.04 Å². The molecular weight excluding hydrogens is 258 g/mol. The highest BCUT2D eigenvalue weighted by molar-refractivity contribution is 5.30. The van der Waals surface area contributed by atoms with Crippen molar-refractivity contribution >= 4 is 0 Å². The van der Waals surface area contributed by atoms with Gasteiger partial charge in [0.05, 0.1) is 5.69 Å². The summed E-state index contributed by atoms with van der Waals surface area (Å²) in [6, 6.07) is 8.96. The third-order valence-electron chi connectivity index (χ3n) is 4.12. The van der Waals surface area contributed by atoms with Crippen molar-refractivity contribution in [3.8, 4) is 0 Å². The predicted octanol–water partition coefficient (Wildman–Crippen LogP) is 3.19. The molecule has 1 atom stereocenters. The summed E-state index contributed by atoms with van der Waals surface area (Å²) in [5, 5.41) is 4.59. The summed E-state index contributed by atoms with van der Waals surface area (Å²) < 4.78 is 2.08. The first-order valence-corrected chi connectivity index (χ1v) is 7.90. The van der Waals surface area contributed by atoms with Crippen molar-refractivity contribution in [2.24, 2.45) is 5.73 Å². The van der Waals surface area contributed by atoms with Crippen LogP contribution in [0.1, 0.15) is 41.9 Å². The molecule has 0 bridgehead atoms. The van der Waals surface area contributed by atoms with E-state index in [0.717, 1.165) is 31.5 Å². The van der Waals surface area contributed by atoms with Crippen LogP contribution in [0.3, 0.4) is 0 Å². The van der Waals surface area contributed by atoms with Crippen molar-refractivity contribution in [2.45, 2.75) is 59.5 Å². The van der Waals surface area contributed by atoms with Gasteiger partial charge in [0.1, 0.15) is 0 Å². The molecule has 0 aliphatic heterocycles. The van der Waals surface area contributed by atoms with Gasteiger partial charge in [-0.3, -0.25) is 4.68 Å². The number of benzene rings is 1. The van der Waals surface area contributed by atoms with Crippen molar-refractivity contribution in [1.82, 2.24) is 9.78 Å². The van der Waals surface area contributed by atoms with E-state index in [9.17, 15) is 0 Å². The zero-order chi connectivity index (χ0) is 15.4. The largest absolute Gasteiger partial charge is 0.327 e. The van der Waals surface area contributed by atoms with Crippen LogP contribution in [0.2, 0.25) is 0 Å². The maximum atomic E-state index is 6.36. The van der Waals surface area contributed by atoms with E-state index in [2.05, 4.69) is 61.7 Å². The van der Waals surface area contributed by atoms with Crippen molar-refractivity contribution < 1.29 is 0 Å². The van der Waals surface area contributed by atoms with E-state index >= 15 is 0 Å². The molecule has 0 amide bonds. The number of hydrogen-bond donors (Lipinski definition) is 1. The van der Waals surface area contributed by atoms with Gasteiger partial charge in [-0.15, -0.1) is 0 Å².